The van der Waals surface area contributed by atoms with E-state index in [1.807, 2.05) is 13.0 Å². The molecule has 0 aromatic rings. The van der Waals surface area contributed by atoms with Crippen molar-refractivity contribution in [3.8, 4) is 0 Å². The van der Waals surface area contributed by atoms with Gasteiger partial charge in [0, 0.05) is 16.7 Å². The molecule has 4 aliphatic rings. The van der Waals surface area contributed by atoms with Crippen LogP contribution in [0.4, 0.5) is 4.39 Å². The maximum atomic E-state index is 13.6. The molecule has 0 heterocycles. The first kappa shape index (κ1) is 19.9. The fourth-order valence-electron chi connectivity index (χ4n) is 7.37. The summed E-state index contributed by atoms with van der Waals surface area (Å²) in [5.74, 6) is -1.91. The number of Topliss-reactive ketones (excluding diaryl/α,β-unsaturated/α-hetero) is 1. The molecule has 0 spiro atoms. The van der Waals surface area contributed by atoms with Crippen molar-refractivity contribution in [1.82, 2.24) is 0 Å². The zero-order chi connectivity index (χ0) is 20.6. The second kappa shape index (κ2) is 6.07. The van der Waals surface area contributed by atoms with Gasteiger partial charge in [0.2, 0.25) is 5.78 Å². The van der Waals surface area contributed by atoms with Gasteiger partial charge < -0.3 is 15.3 Å². The number of carbonyl (C=O) groups excluding carboxylic acids is 2. The Morgan fingerprint density at radius 3 is 2.68 bits per heavy atom. The van der Waals surface area contributed by atoms with Gasteiger partial charge in [-0.3, -0.25) is 9.59 Å². The number of hydrogen-bond acceptors (Lipinski definition) is 5. The van der Waals surface area contributed by atoms with E-state index in [2.05, 4.69) is 0 Å². The fraction of sp³-hybridized carbons (Fsp3) is 0.727. The number of hydrogen-bond donors (Lipinski definition) is 3. The molecule has 0 aromatic heterocycles. The Balaban J connectivity index is 1.77. The van der Waals surface area contributed by atoms with Gasteiger partial charge in [0.05, 0.1) is 6.10 Å². The average Bonchev–Trinajstić information content (AvgIpc) is 2.82. The first-order valence-corrected chi connectivity index (χ1v) is 10.2. The minimum absolute atomic E-state index is 0.0348. The third-order valence-electron chi connectivity index (χ3n) is 8.67. The molecule has 5 nitrogen and oxygen atoms in total. The van der Waals surface area contributed by atoms with Gasteiger partial charge in [-0.15, -0.1) is 0 Å². The van der Waals surface area contributed by atoms with Crippen molar-refractivity contribution in [2.45, 2.75) is 64.5 Å². The second-order valence-corrected chi connectivity index (χ2v) is 9.81. The smallest absolute Gasteiger partial charge is 0.258 e. The van der Waals surface area contributed by atoms with Gasteiger partial charge >= 0.3 is 0 Å². The van der Waals surface area contributed by atoms with Crippen molar-refractivity contribution >= 4 is 11.6 Å². The summed E-state index contributed by atoms with van der Waals surface area (Å²) in [5, 5.41) is 31.9. The van der Waals surface area contributed by atoms with Crippen LogP contribution in [-0.4, -0.2) is 44.9 Å². The highest BCUT2D eigenvalue weighted by atomic mass is 19.1. The summed E-state index contributed by atoms with van der Waals surface area (Å²) in [7, 11) is 0. The van der Waals surface area contributed by atoms with Crippen LogP contribution in [0, 0.1) is 34.5 Å². The Morgan fingerprint density at radius 2 is 2.04 bits per heavy atom. The average molecular weight is 392 g/mol. The van der Waals surface area contributed by atoms with Crippen molar-refractivity contribution in [2.75, 3.05) is 0 Å². The summed E-state index contributed by atoms with van der Waals surface area (Å²) in [5.41, 5.74) is -2.43. The minimum Gasteiger partial charge on any atom is -0.393 e. The third kappa shape index (κ3) is 2.28. The van der Waals surface area contributed by atoms with Crippen molar-refractivity contribution in [2.24, 2.45) is 34.5 Å². The molecule has 0 aromatic carbocycles. The lowest BCUT2D eigenvalue weighted by Crippen LogP contribution is -2.63. The van der Waals surface area contributed by atoms with Crippen LogP contribution in [0.5, 0.6) is 0 Å². The van der Waals surface area contributed by atoms with Crippen molar-refractivity contribution in [3.05, 3.63) is 23.8 Å². The van der Waals surface area contributed by atoms with Crippen LogP contribution in [0.25, 0.3) is 0 Å². The van der Waals surface area contributed by atoms with E-state index in [4.69, 9.17) is 0 Å². The van der Waals surface area contributed by atoms with Crippen LogP contribution < -0.4 is 0 Å². The lowest BCUT2D eigenvalue weighted by molar-refractivity contribution is -0.193. The number of allylic oxidation sites excluding steroid dienone is 4. The first-order valence-electron chi connectivity index (χ1n) is 10.2. The van der Waals surface area contributed by atoms with Crippen LogP contribution in [-0.2, 0) is 9.59 Å². The topological polar surface area (TPSA) is 94.8 Å². The van der Waals surface area contributed by atoms with E-state index in [0.717, 1.165) is 18.4 Å². The molecule has 154 valence electrons. The van der Waals surface area contributed by atoms with E-state index in [9.17, 15) is 29.3 Å². The molecule has 0 bridgehead atoms. The number of rotatable bonds is 2. The summed E-state index contributed by atoms with van der Waals surface area (Å²) >= 11 is 0. The van der Waals surface area contributed by atoms with Gasteiger partial charge in [-0.05, 0) is 55.6 Å². The molecular formula is C22H29FO5. The van der Waals surface area contributed by atoms with E-state index >= 15 is 0 Å². The van der Waals surface area contributed by atoms with Crippen LogP contribution in [0.3, 0.4) is 0 Å². The molecule has 4 rings (SSSR count). The van der Waals surface area contributed by atoms with Crippen LogP contribution in [0.15, 0.2) is 23.8 Å². The fourth-order valence-corrected chi connectivity index (χ4v) is 7.37. The maximum absolute atomic E-state index is 13.6. The molecule has 0 radical (unpaired) electrons. The monoisotopic (exact) mass is 392 g/mol. The maximum Gasteiger partial charge on any atom is 0.258 e. The number of fused-ring (bicyclic) bond motifs is 5. The molecule has 0 amide bonds. The predicted molar refractivity (Wildman–Crippen MR) is 99.6 cm³/mol. The summed E-state index contributed by atoms with van der Waals surface area (Å²) in [6.45, 7) is 5.53. The standard InChI is InChI=1S/C22H29FO5/c1-11-8-15-14-5-4-12-9-13(24)6-7-20(12,2)17(14)16(25)10-21(15,3)22(11,28)18(26)19(23)27/h6-7,9,11,14-17,19,25,27-28H,4-5,8,10H2,1-3H3/t11-,14+,15+,16+,17-,19?,20+,21+,22+/m1/s1. The first-order chi connectivity index (χ1) is 13.0. The van der Waals surface area contributed by atoms with Crippen LogP contribution in [0.1, 0.15) is 46.5 Å². The Hall–Kier alpha value is -1.37. The molecule has 0 aliphatic heterocycles. The SMILES string of the molecule is C[C@@H]1C[C@H]2[C@@H]3CCC4=CC(=O)C=C[C@]4(C)[C@H]3[C@@H](O)C[C@]2(C)[C@@]1(O)C(=O)C(O)F. The zero-order valence-electron chi connectivity index (χ0n) is 16.6. The highest BCUT2D eigenvalue weighted by Gasteiger charge is 2.71. The number of carbonyl (C=O) groups is 2. The Labute approximate surface area is 164 Å². The summed E-state index contributed by atoms with van der Waals surface area (Å²) in [4.78, 5) is 24.4. The van der Waals surface area contributed by atoms with Gasteiger partial charge in [-0.25, -0.2) is 4.39 Å². The van der Waals surface area contributed by atoms with Crippen molar-refractivity contribution in [1.29, 1.82) is 0 Å². The van der Waals surface area contributed by atoms with Gasteiger partial charge in [0.1, 0.15) is 5.60 Å². The minimum atomic E-state index is -2.73. The molecule has 3 saturated carbocycles. The van der Waals surface area contributed by atoms with Gasteiger partial charge in [-0.2, -0.15) is 0 Å². The van der Waals surface area contributed by atoms with E-state index < -0.39 is 40.6 Å². The molecule has 9 atom stereocenters. The van der Waals surface area contributed by atoms with Gasteiger partial charge in [-0.1, -0.05) is 32.4 Å². The lowest BCUT2D eigenvalue weighted by atomic mass is 9.46. The number of ketones is 2. The number of alkyl halides is 1. The van der Waals surface area contributed by atoms with E-state index in [-0.39, 0.29) is 30.0 Å². The predicted octanol–water partition coefficient (Wildman–Crippen LogP) is 2.10. The number of halogens is 1. The lowest BCUT2D eigenvalue weighted by Gasteiger charge is -2.59. The van der Waals surface area contributed by atoms with Gasteiger partial charge in [0.25, 0.3) is 6.36 Å². The highest BCUT2D eigenvalue weighted by Crippen LogP contribution is 2.68. The zero-order valence-corrected chi connectivity index (χ0v) is 16.6. The number of aliphatic hydroxyl groups excluding tert-OH is 2. The third-order valence-corrected chi connectivity index (χ3v) is 8.67. The second-order valence-electron chi connectivity index (χ2n) is 9.81. The molecule has 6 heteroatoms. The van der Waals surface area contributed by atoms with E-state index in [1.54, 1.807) is 26.0 Å². The largest absolute Gasteiger partial charge is 0.393 e. The Morgan fingerprint density at radius 1 is 1.36 bits per heavy atom. The van der Waals surface area contributed by atoms with Crippen molar-refractivity contribution < 1.29 is 29.3 Å². The molecule has 1 unspecified atom stereocenters. The number of aliphatic hydroxyl groups is 3. The summed E-state index contributed by atoms with van der Waals surface area (Å²) in [6, 6.07) is 0. The van der Waals surface area contributed by atoms with E-state index in [0.29, 0.717) is 6.42 Å². The molecule has 3 N–H and O–H groups in total. The molecular weight excluding hydrogens is 363 g/mol. The van der Waals surface area contributed by atoms with Gasteiger partial charge in [0.15, 0.2) is 5.78 Å². The highest BCUT2D eigenvalue weighted by molar-refractivity contribution is 6.01. The molecule has 0 saturated heterocycles. The van der Waals surface area contributed by atoms with Crippen LogP contribution >= 0.6 is 0 Å². The van der Waals surface area contributed by atoms with Crippen LogP contribution in [0.2, 0.25) is 0 Å². The molecule has 28 heavy (non-hydrogen) atoms. The van der Waals surface area contributed by atoms with Crippen molar-refractivity contribution in [3.63, 3.8) is 0 Å². The molecule has 3 fully saturated rings. The quantitative estimate of drug-likeness (QED) is 0.669. The summed E-state index contributed by atoms with van der Waals surface area (Å²) < 4.78 is 13.6. The Bertz CT molecular complexity index is 788. The Kier molecular flexibility index (Phi) is 4.32. The normalized spacial score (nSPS) is 51.0. The summed E-state index contributed by atoms with van der Waals surface area (Å²) in [6.07, 6.45) is 3.76. The van der Waals surface area contributed by atoms with E-state index in [1.165, 1.54) is 0 Å². The molecule has 4 aliphatic carbocycles.